The highest BCUT2D eigenvalue weighted by Crippen LogP contribution is 2.06. The summed E-state index contributed by atoms with van der Waals surface area (Å²) in [6.07, 6.45) is 0. The normalized spacial score (nSPS) is 8.89. The summed E-state index contributed by atoms with van der Waals surface area (Å²) in [6.45, 7) is 0. The van der Waals surface area contributed by atoms with Crippen LogP contribution in [0.4, 0.5) is 0 Å². The molecule has 46 valence electrons. The third-order valence-corrected chi connectivity index (χ3v) is 1.74. The van der Waals surface area contributed by atoms with E-state index in [0.717, 1.165) is 4.90 Å². The van der Waals surface area contributed by atoms with E-state index in [2.05, 4.69) is 16.2 Å². The van der Waals surface area contributed by atoms with E-state index in [1.807, 2.05) is 30.3 Å². The average molecular weight is 156 g/mol. The molecule has 0 bridgehead atoms. The van der Waals surface area contributed by atoms with Crippen LogP contribution in [0.15, 0.2) is 35.2 Å². The Morgan fingerprint density at radius 2 is 1.89 bits per heavy atom. The van der Waals surface area contributed by atoms with Crippen LogP contribution in [0.5, 0.6) is 0 Å². The number of nitrogens with one attached hydrogen (secondary N) is 1. The van der Waals surface area contributed by atoms with Crippen molar-refractivity contribution < 1.29 is 3.77 Å². The minimum Gasteiger partial charge on any atom is -0.0965 e. The minimum absolute atomic E-state index is 1.15. The molecule has 0 aromatic heterocycles. The molecule has 0 spiro atoms. The molecule has 0 saturated carbocycles. The maximum Gasteiger partial charge on any atom is 0.277 e. The molecule has 1 aromatic carbocycles. The van der Waals surface area contributed by atoms with Crippen molar-refractivity contribution in [2.45, 2.75) is 4.90 Å². The largest absolute Gasteiger partial charge is 0.277 e. The maximum atomic E-state index is 4.55. The van der Waals surface area contributed by atoms with Crippen LogP contribution >= 0.6 is 11.9 Å². The molecule has 0 amide bonds. The molecule has 0 aliphatic heterocycles. The van der Waals surface area contributed by atoms with Gasteiger partial charge in [-0.1, -0.05) is 22.0 Å². The molecule has 1 N–H and O–H groups in total. The van der Waals surface area contributed by atoms with Gasteiger partial charge in [0, 0.05) is 0 Å². The van der Waals surface area contributed by atoms with Crippen molar-refractivity contribution in [2.75, 3.05) is 0 Å². The highest BCUT2D eigenvalue weighted by atomic mass is 32.2. The molecular weight excluding hydrogens is 150 g/mol. The van der Waals surface area contributed by atoms with E-state index < -0.39 is 0 Å². The summed E-state index contributed by atoms with van der Waals surface area (Å²) in [5, 5.41) is 0. The molecule has 0 heterocycles. The van der Waals surface area contributed by atoms with Gasteiger partial charge in [0.05, 0.1) is 4.90 Å². The van der Waals surface area contributed by atoms with E-state index in [4.69, 9.17) is 0 Å². The van der Waals surface area contributed by atoms with Gasteiger partial charge in [-0.05, 0) is 12.1 Å². The first-order valence-corrected chi connectivity index (χ1v) is 3.75. The molecule has 0 atom stereocenters. The van der Waals surface area contributed by atoms with Crippen LogP contribution in [0.3, 0.4) is 0 Å². The van der Waals surface area contributed by atoms with Crippen molar-refractivity contribution in [2.24, 2.45) is 0 Å². The van der Waals surface area contributed by atoms with Gasteiger partial charge in [-0.2, -0.15) is 0 Å². The SMILES string of the molecule is S=[NH+]Sc1ccccc1. The van der Waals surface area contributed by atoms with Gasteiger partial charge in [0.25, 0.3) is 12.4 Å². The Labute approximate surface area is 63.8 Å². The van der Waals surface area contributed by atoms with Crippen LogP contribution in [0.1, 0.15) is 0 Å². The summed E-state index contributed by atoms with van der Waals surface area (Å²) < 4.78 is 2.58. The van der Waals surface area contributed by atoms with Crippen LogP contribution in [0.25, 0.3) is 0 Å². The molecule has 0 fully saturated rings. The summed E-state index contributed by atoms with van der Waals surface area (Å²) >= 11 is 5.99. The molecule has 0 aliphatic rings. The highest BCUT2D eigenvalue weighted by Gasteiger charge is 1.91. The lowest BCUT2D eigenvalue weighted by Crippen LogP contribution is -2.52. The Hall–Kier alpha value is -0.410. The highest BCUT2D eigenvalue weighted by molar-refractivity contribution is 7.93. The Morgan fingerprint density at radius 3 is 2.44 bits per heavy atom. The van der Waals surface area contributed by atoms with Crippen molar-refractivity contribution in [1.82, 2.24) is 0 Å². The lowest BCUT2D eigenvalue weighted by Gasteiger charge is -1.83. The Kier molecular flexibility index (Phi) is 2.67. The van der Waals surface area contributed by atoms with Crippen LogP contribution in [-0.2, 0) is 12.4 Å². The standard InChI is InChI=1S/C6H5NS2/c8-7-9-6-4-2-1-3-5-6/h1-5H/p+1. The lowest BCUT2D eigenvalue weighted by atomic mass is 10.4. The number of benzene rings is 1. The predicted octanol–water partition coefficient (Wildman–Crippen LogP) is 0.505. The van der Waals surface area contributed by atoms with E-state index >= 15 is 0 Å². The number of rotatable bonds is 2. The second-order valence-electron chi connectivity index (χ2n) is 1.50. The summed E-state index contributed by atoms with van der Waals surface area (Å²) in [6, 6.07) is 9.95. The first kappa shape index (κ1) is 6.71. The predicted molar refractivity (Wildman–Crippen MR) is 40.6 cm³/mol. The van der Waals surface area contributed by atoms with Gasteiger partial charge >= 0.3 is 0 Å². The van der Waals surface area contributed by atoms with Crippen molar-refractivity contribution in [3.8, 4) is 0 Å². The van der Waals surface area contributed by atoms with Gasteiger partial charge in [-0.25, -0.2) is 0 Å². The zero-order chi connectivity index (χ0) is 6.53. The molecule has 9 heavy (non-hydrogen) atoms. The van der Waals surface area contributed by atoms with E-state index in [1.54, 1.807) is 0 Å². The van der Waals surface area contributed by atoms with E-state index in [1.165, 1.54) is 11.9 Å². The van der Waals surface area contributed by atoms with Crippen LogP contribution in [-0.4, -0.2) is 0 Å². The monoisotopic (exact) mass is 156 g/mol. The van der Waals surface area contributed by atoms with E-state index in [-0.39, 0.29) is 0 Å². The number of hydrogen-bond acceptors (Lipinski definition) is 2. The van der Waals surface area contributed by atoms with E-state index in [9.17, 15) is 0 Å². The van der Waals surface area contributed by atoms with Crippen molar-refractivity contribution in [3.05, 3.63) is 30.3 Å². The second-order valence-corrected chi connectivity index (χ2v) is 2.84. The molecule has 1 nitrogen and oxygen atoms in total. The Balaban J connectivity index is 2.72. The third-order valence-electron chi connectivity index (χ3n) is 0.903. The smallest absolute Gasteiger partial charge is 0.0965 e. The molecule has 0 aliphatic carbocycles. The maximum absolute atomic E-state index is 4.55. The minimum atomic E-state index is 1.15. The molecule has 0 unspecified atom stereocenters. The first-order valence-electron chi connectivity index (χ1n) is 2.52. The van der Waals surface area contributed by atoms with Crippen molar-refractivity contribution >= 4 is 24.4 Å². The molecule has 3 heteroatoms. The second kappa shape index (κ2) is 3.58. The first-order chi connectivity index (χ1) is 4.43. The van der Waals surface area contributed by atoms with Gasteiger partial charge in [-0.3, -0.25) is 0 Å². The summed E-state index contributed by atoms with van der Waals surface area (Å²) in [5.41, 5.74) is 0. The lowest BCUT2D eigenvalue weighted by molar-refractivity contribution is -0.201. The third kappa shape index (κ3) is 2.11. The van der Waals surface area contributed by atoms with Gasteiger partial charge in [0.2, 0.25) is 11.9 Å². The molecule has 0 saturated heterocycles. The van der Waals surface area contributed by atoms with Gasteiger partial charge in [-0.15, -0.1) is 0 Å². The zero-order valence-corrected chi connectivity index (χ0v) is 6.34. The summed E-state index contributed by atoms with van der Waals surface area (Å²) in [4.78, 5) is 1.15. The molecule has 0 radical (unpaired) electrons. The summed E-state index contributed by atoms with van der Waals surface area (Å²) in [5.74, 6) is 0. The Morgan fingerprint density at radius 1 is 1.22 bits per heavy atom. The zero-order valence-electron chi connectivity index (χ0n) is 4.70. The van der Waals surface area contributed by atoms with Crippen LogP contribution in [0, 0.1) is 0 Å². The summed E-state index contributed by atoms with van der Waals surface area (Å²) in [7, 11) is 0. The molecular formula is C6H6NS2+. The topological polar surface area (TPSA) is 14.0 Å². The van der Waals surface area contributed by atoms with Gasteiger partial charge in [0.15, 0.2) is 0 Å². The molecule has 1 rings (SSSR count). The van der Waals surface area contributed by atoms with Gasteiger partial charge in [0.1, 0.15) is 0 Å². The number of hydrogen-bond donors (Lipinski definition) is 1. The fourth-order valence-corrected chi connectivity index (χ4v) is 1.21. The van der Waals surface area contributed by atoms with Crippen LogP contribution < -0.4 is 3.77 Å². The van der Waals surface area contributed by atoms with Gasteiger partial charge < -0.3 is 0 Å². The fourth-order valence-electron chi connectivity index (χ4n) is 0.537. The quantitative estimate of drug-likeness (QED) is 0.627. The Bertz CT molecular complexity index is 186. The van der Waals surface area contributed by atoms with Crippen molar-refractivity contribution in [3.63, 3.8) is 0 Å². The average Bonchev–Trinajstić information content (AvgIpc) is 1.91. The fraction of sp³-hybridized carbons (Fsp3) is 0. The van der Waals surface area contributed by atoms with Crippen LogP contribution in [0.2, 0.25) is 0 Å². The van der Waals surface area contributed by atoms with Crippen molar-refractivity contribution in [1.29, 1.82) is 0 Å². The van der Waals surface area contributed by atoms with E-state index in [0.29, 0.717) is 0 Å². The molecule has 1 aromatic rings.